The quantitative estimate of drug-likeness (QED) is 0.815. The van der Waals surface area contributed by atoms with Gasteiger partial charge in [-0.1, -0.05) is 54.5 Å². The lowest BCUT2D eigenvalue weighted by Gasteiger charge is -2.35. The molecule has 0 bridgehead atoms. The zero-order valence-corrected chi connectivity index (χ0v) is 16.0. The number of hydrogen-bond acceptors (Lipinski definition) is 6. The van der Waals surface area contributed by atoms with E-state index in [1.54, 1.807) is 11.3 Å². The summed E-state index contributed by atoms with van der Waals surface area (Å²) in [6, 6.07) is 10.8. The monoisotopic (exact) mass is 372 g/mol. The molecule has 6 heteroatoms. The first-order chi connectivity index (χ1) is 12.8. The Hall–Kier alpha value is -1.50. The molecule has 0 atom stereocenters. The zero-order chi connectivity index (χ0) is 17.8. The van der Waals surface area contributed by atoms with Crippen molar-refractivity contribution in [2.75, 3.05) is 31.1 Å². The van der Waals surface area contributed by atoms with Gasteiger partial charge in [0, 0.05) is 43.3 Å². The predicted octanol–water partition coefficient (Wildman–Crippen LogP) is 3.32. The van der Waals surface area contributed by atoms with Crippen LogP contribution in [-0.4, -0.2) is 47.6 Å². The van der Waals surface area contributed by atoms with E-state index in [9.17, 15) is 5.11 Å². The summed E-state index contributed by atoms with van der Waals surface area (Å²) < 4.78 is 0. The van der Waals surface area contributed by atoms with Crippen molar-refractivity contribution in [1.29, 1.82) is 0 Å². The Labute approximate surface area is 159 Å². The average molecular weight is 373 g/mol. The Morgan fingerprint density at radius 3 is 2.54 bits per heavy atom. The molecule has 0 unspecified atom stereocenters. The minimum Gasteiger partial charge on any atom is -0.396 e. The second-order valence-corrected chi connectivity index (χ2v) is 8.72. The highest BCUT2D eigenvalue weighted by Crippen LogP contribution is 2.37. The summed E-state index contributed by atoms with van der Waals surface area (Å²) in [6.07, 6.45) is 7.12. The number of anilines is 1. The van der Waals surface area contributed by atoms with Gasteiger partial charge in [0.15, 0.2) is 0 Å². The van der Waals surface area contributed by atoms with E-state index >= 15 is 0 Å². The van der Waals surface area contributed by atoms with E-state index in [2.05, 4.69) is 32.5 Å². The van der Waals surface area contributed by atoms with Gasteiger partial charge in [-0.2, -0.15) is 0 Å². The number of piperidine rings is 1. The van der Waals surface area contributed by atoms with E-state index in [1.807, 2.05) is 18.2 Å². The van der Waals surface area contributed by atoms with Gasteiger partial charge in [0.25, 0.3) is 0 Å². The maximum Gasteiger partial charge on any atom is 0.208 e. The van der Waals surface area contributed by atoms with E-state index < -0.39 is 0 Å². The van der Waals surface area contributed by atoms with Crippen LogP contribution in [0, 0.1) is 5.41 Å². The molecule has 0 amide bonds. The van der Waals surface area contributed by atoms with Gasteiger partial charge in [-0.25, -0.2) is 0 Å². The average Bonchev–Trinajstić information content (AvgIpc) is 3.38. The first-order valence-electron chi connectivity index (χ1n) is 9.76. The molecule has 2 fully saturated rings. The molecule has 1 aliphatic heterocycles. The normalized spacial score (nSPS) is 20.6. The summed E-state index contributed by atoms with van der Waals surface area (Å²) in [5.74, 6) is 0. The summed E-state index contributed by atoms with van der Waals surface area (Å²) in [5, 5.41) is 24.3. The first-order valence-corrected chi connectivity index (χ1v) is 10.6. The van der Waals surface area contributed by atoms with Gasteiger partial charge in [-0.05, 0) is 25.7 Å². The molecular weight excluding hydrogens is 344 g/mol. The molecule has 4 rings (SSSR count). The fourth-order valence-electron chi connectivity index (χ4n) is 4.19. The maximum absolute atomic E-state index is 9.77. The SMILES string of the molecule is OCC1(CNC2CCN(c3nnc(-c4ccccc4)s3)CC2)CCCC1. The van der Waals surface area contributed by atoms with Crippen molar-refractivity contribution in [1.82, 2.24) is 15.5 Å². The molecule has 0 radical (unpaired) electrons. The first kappa shape index (κ1) is 17.9. The van der Waals surface area contributed by atoms with Crippen LogP contribution in [0.4, 0.5) is 5.13 Å². The molecule has 140 valence electrons. The molecule has 2 aromatic rings. The van der Waals surface area contributed by atoms with E-state index in [1.165, 1.54) is 25.7 Å². The van der Waals surface area contributed by atoms with Gasteiger partial charge < -0.3 is 15.3 Å². The van der Waals surface area contributed by atoms with E-state index in [0.717, 1.165) is 48.2 Å². The fourth-order valence-corrected chi connectivity index (χ4v) is 5.09. The molecule has 1 aliphatic carbocycles. The summed E-state index contributed by atoms with van der Waals surface area (Å²) >= 11 is 1.68. The fraction of sp³-hybridized carbons (Fsp3) is 0.600. The van der Waals surface area contributed by atoms with Crippen LogP contribution >= 0.6 is 11.3 Å². The molecule has 5 nitrogen and oxygen atoms in total. The summed E-state index contributed by atoms with van der Waals surface area (Å²) in [5.41, 5.74) is 1.28. The van der Waals surface area contributed by atoms with Gasteiger partial charge >= 0.3 is 0 Å². The van der Waals surface area contributed by atoms with Crippen LogP contribution in [0.3, 0.4) is 0 Å². The van der Waals surface area contributed by atoms with Crippen molar-refractivity contribution < 1.29 is 5.11 Å². The van der Waals surface area contributed by atoms with Gasteiger partial charge in [0.1, 0.15) is 5.01 Å². The number of benzene rings is 1. The molecular formula is C20H28N4OS. The van der Waals surface area contributed by atoms with Gasteiger partial charge in [0.2, 0.25) is 5.13 Å². The van der Waals surface area contributed by atoms with Crippen molar-refractivity contribution in [3.8, 4) is 10.6 Å². The molecule has 0 spiro atoms. The summed E-state index contributed by atoms with van der Waals surface area (Å²) in [4.78, 5) is 2.36. The zero-order valence-electron chi connectivity index (χ0n) is 15.2. The van der Waals surface area contributed by atoms with Crippen LogP contribution in [0.2, 0.25) is 0 Å². The largest absolute Gasteiger partial charge is 0.396 e. The third-order valence-corrected chi connectivity index (χ3v) is 7.00. The summed E-state index contributed by atoms with van der Waals surface area (Å²) in [7, 11) is 0. The van der Waals surface area contributed by atoms with Crippen molar-refractivity contribution in [2.24, 2.45) is 5.41 Å². The minimum absolute atomic E-state index is 0.140. The number of rotatable bonds is 6. The van der Waals surface area contributed by atoms with E-state index in [4.69, 9.17) is 0 Å². The Balaban J connectivity index is 1.29. The van der Waals surface area contributed by atoms with Crippen LogP contribution in [0.5, 0.6) is 0 Å². The van der Waals surface area contributed by atoms with Crippen LogP contribution in [0.25, 0.3) is 10.6 Å². The van der Waals surface area contributed by atoms with Gasteiger partial charge in [0.05, 0.1) is 0 Å². The Morgan fingerprint density at radius 1 is 1.12 bits per heavy atom. The van der Waals surface area contributed by atoms with Crippen molar-refractivity contribution >= 4 is 16.5 Å². The number of aliphatic hydroxyl groups is 1. The molecule has 2 aliphatic rings. The van der Waals surface area contributed by atoms with E-state index in [-0.39, 0.29) is 5.41 Å². The third kappa shape index (κ3) is 3.92. The Bertz CT molecular complexity index is 691. The number of aromatic nitrogens is 2. The van der Waals surface area contributed by atoms with Gasteiger partial charge in [-0.15, -0.1) is 10.2 Å². The van der Waals surface area contributed by atoms with Crippen molar-refractivity contribution in [2.45, 2.75) is 44.6 Å². The van der Waals surface area contributed by atoms with Gasteiger partial charge in [-0.3, -0.25) is 0 Å². The molecule has 1 saturated heterocycles. The second-order valence-electron chi connectivity index (χ2n) is 7.76. The number of nitrogens with zero attached hydrogens (tertiary/aromatic N) is 3. The Kier molecular flexibility index (Phi) is 5.52. The lowest BCUT2D eigenvalue weighted by atomic mass is 9.86. The van der Waals surface area contributed by atoms with Crippen LogP contribution in [-0.2, 0) is 0 Å². The molecule has 1 aromatic carbocycles. The number of nitrogens with one attached hydrogen (secondary N) is 1. The lowest BCUT2D eigenvalue weighted by molar-refractivity contribution is 0.123. The third-order valence-electron chi connectivity index (χ3n) is 5.97. The van der Waals surface area contributed by atoms with Crippen LogP contribution in [0.1, 0.15) is 38.5 Å². The highest BCUT2D eigenvalue weighted by molar-refractivity contribution is 7.18. The maximum atomic E-state index is 9.77. The molecule has 1 saturated carbocycles. The lowest BCUT2D eigenvalue weighted by Crippen LogP contribution is -2.46. The predicted molar refractivity (Wildman–Crippen MR) is 107 cm³/mol. The molecule has 2 heterocycles. The van der Waals surface area contributed by atoms with Crippen LogP contribution < -0.4 is 10.2 Å². The number of hydrogen-bond donors (Lipinski definition) is 2. The van der Waals surface area contributed by atoms with Crippen LogP contribution in [0.15, 0.2) is 30.3 Å². The minimum atomic E-state index is 0.140. The molecule has 26 heavy (non-hydrogen) atoms. The topological polar surface area (TPSA) is 61.3 Å². The highest BCUT2D eigenvalue weighted by atomic mass is 32.1. The van der Waals surface area contributed by atoms with Crippen molar-refractivity contribution in [3.63, 3.8) is 0 Å². The molecule has 1 aromatic heterocycles. The highest BCUT2D eigenvalue weighted by Gasteiger charge is 2.34. The Morgan fingerprint density at radius 2 is 1.85 bits per heavy atom. The number of aliphatic hydroxyl groups excluding tert-OH is 1. The van der Waals surface area contributed by atoms with Crippen molar-refractivity contribution in [3.05, 3.63) is 30.3 Å². The molecule has 2 N–H and O–H groups in total. The summed E-state index contributed by atoms with van der Waals surface area (Å²) in [6.45, 7) is 3.33. The smallest absolute Gasteiger partial charge is 0.208 e. The standard InChI is InChI=1S/C20H28N4OS/c25-15-20(10-4-5-11-20)14-21-17-8-12-24(13-9-17)19-23-22-18(26-19)16-6-2-1-3-7-16/h1-3,6-7,17,21,25H,4-5,8-15H2. The second kappa shape index (κ2) is 8.03. The van der Waals surface area contributed by atoms with E-state index in [0.29, 0.717) is 12.6 Å².